The average Bonchev–Trinajstić information content (AvgIpc) is 3.23. The molecule has 7 heteroatoms. The third-order valence-corrected chi connectivity index (χ3v) is 4.93. The molecule has 0 atom stereocenters. The number of amides is 1. The van der Waals surface area contributed by atoms with Crippen molar-refractivity contribution in [3.63, 3.8) is 0 Å². The van der Waals surface area contributed by atoms with E-state index in [-0.39, 0.29) is 24.8 Å². The van der Waals surface area contributed by atoms with E-state index >= 15 is 0 Å². The highest BCUT2D eigenvalue weighted by atomic mass is 16.5. The summed E-state index contributed by atoms with van der Waals surface area (Å²) in [7, 11) is 1.67. The molecule has 142 valence electrons. The van der Waals surface area contributed by atoms with Gasteiger partial charge in [0.2, 0.25) is 0 Å². The molecule has 2 N–H and O–H groups in total. The molecular formula is C21H19N3O4. The molecular weight excluding hydrogens is 358 g/mol. The third kappa shape index (κ3) is 3.22. The molecule has 0 fully saturated rings. The number of fused-ring (bicyclic) bond motifs is 3. The van der Waals surface area contributed by atoms with E-state index in [1.54, 1.807) is 11.6 Å². The Morgan fingerprint density at radius 2 is 1.71 bits per heavy atom. The number of rotatable bonds is 5. The highest BCUT2D eigenvalue weighted by Gasteiger charge is 2.29. The number of imidazole rings is 1. The smallest absolute Gasteiger partial charge is 0.407 e. The lowest BCUT2D eigenvalue weighted by atomic mass is 9.98. The van der Waals surface area contributed by atoms with Crippen molar-refractivity contribution in [1.82, 2.24) is 14.9 Å². The van der Waals surface area contributed by atoms with Crippen molar-refractivity contribution >= 4 is 12.1 Å². The van der Waals surface area contributed by atoms with Crippen LogP contribution in [0.4, 0.5) is 4.79 Å². The molecule has 1 aliphatic carbocycles. The van der Waals surface area contributed by atoms with Crippen LogP contribution in [-0.2, 0) is 18.3 Å². The molecule has 1 amide bonds. The van der Waals surface area contributed by atoms with Gasteiger partial charge in [0.05, 0.1) is 6.54 Å². The zero-order chi connectivity index (χ0) is 19.7. The van der Waals surface area contributed by atoms with Gasteiger partial charge in [0.25, 0.3) is 0 Å². The molecule has 28 heavy (non-hydrogen) atoms. The molecule has 2 aromatic carbocycles. The fourth-order valence-electron chi connectivity index (χ4n) is 3.57. The lowest BCUT2D eigenvalue weighted by Crippen LogP contribution is -2.26. The van der Waals surface area contributed by atoms with Crippen molar-refractivity contribution in [3.05, 3.63) is 77.4 Å². The molecule has 3 aromatic rings. The fourth-order valence-corrected chi connectivity index (χ4v) is 3.57. The van der Waals surface area contributed by atoms with Gasteiger partial charge in [-0.05, 0) is 22.3 Å². The van der Waals surface area contributed by atoms with Crippen LogP contribution in [0.15, 0.2) is 54.7 Å². The van der Waals surface area contributed by atoms with Gasteiger partial charge < -0.3 is 19.7 Å². The van der Waals surface area contributed by atoms with Gasteiger partial charge in [-0.15, -0.1) is 0 Å². The first-order valence-electron chi connectivity index (χ1n) is 8.89. The molecule has 4 rings (SSSR count). The Hall–Kier alpha value is -3.61. The Balaban J connectivity index is 1.41. The van der Waals surface area contributed by atoms with Crippen LogP contribution in [0, 0.1) is 0 Å². The highest BCUT2D eigenvalue weighted by Crippen LogP contribution is 2.44. The molecule has 0 spiro atoms. The number of nitrogens with zero attached hydrogens (tertiary/aromatic N) is 2. The van der Waals surface area contributed by atoms with E-state index in [0.717, 1.165) is 11.1 Å². The number of alkyl carbamates (subject to hydrolysis) is 1. The van der Waals surface area contributed by atoms with E-state index in [9.17, 15) is 9.59 Å². The minimum atomic E-state index is -1.11. The summed E-state index contributed by atoms with van der Waals surface area (Å²) in [5, 5.41) is 11.6. The van der Waals surface area contributed by atoms with E-state index in [2.05, 4.69) is 34.6 Å². The van der Waals surface area contributed by atoms with Crippen molar-refractivity contribution < 1.29 is 19.4 Å². The SMILES string of the molecule is Cn1cc(C(=O)O)nc1CNC(=O)OCC1c2ccccc2-c2ccccc21. The predicted octanol–water partition coefficient (Wildman–Crippen LogP) is 3.16. The molecule has 7 nitrogen and oxygen atoms in total. The highest BCUT2D eigenvalue weighted by molar-refractivity contribution is 5.85. The van der Waals surface area contributed by atoms with Crippen molar-refractivity contribution in [3.8, 4) is 11.1 Å². The number of hydrogen-bond donors (Lipinski definition) is 2. The molecule has 0 unspecified atom stereocenters. The summed E-state index contributed by atoms with van der Waals surface area (Å²) in [6, 6.07) is 16.3. The number of aryl methyl sites for hydroxylation is 1. The predicted molar refractivity (Wildman–Crippen MR) is 102 cm³/mol. The Kier molecular flexibility index (Phi) is 4.57. The summed E-state index contributed by atoms with van der Waals surface area (Å²) >= 11 is 0. The van der Waals surface area contributed by atoms with E-state index in [1.807, 2.05) is 24.3 Å². The van der Waals surface area contributed by atoms with E-state index in [0.29, 0.717) is 5.82 Å². The van der Waals surface area contributed by atoms with E-state index < -0.39 is 12.1 Å². The van der Waals surface area contributed by atoms with E-state index in [1.165, 1.54) is 17.3 Å². The summed E-state index contributed by atoms with van der Waals surface area (Å²) in [6.45, 7) is 0.307. The van der Waals surface area contributed by atoms with Crippen LogP contribution in [0.1, 0.15) is 33.4 Å². The van der Waals surface area contributed by atoms with Crippen LogP contribution in [0.25, 0.3) is 11.1 Å². The number of carboxylic acid groups (broad SMARTS) is 1. The summed E-state index contributed by atoms with van der Waals surface area (Å²) in [4.78, 5) is 27.1. The molecule has 0 saturated heterocycles. The molecule has 0 radical (unpaired) electrons. The Bertz CT molecular complexity index is 1010. The minimum absolute atomic E-state index is 0.00933. The van der Waals surface area contributed by atoms with E-state index in [4.69, 9.17) is 9.84 Å². The van der Waals surface area contributed by atoms with Gasteiger partial charge in [0, 0.05) is 19.2 Å². The maximum absolute atomic E-state index is 12.2. The molecule has 0 bridgehead atoms. The van der Waals surface area contributed by atoms with Gasteiger partial charge in [-0.1, -0.05) is 48.5 Å². The summed E-state index contributed by atoms with van der Waals surface area (Å²) in [5.41, 5.74) is 4.56. The van der Waals surface area contributed by atoms with Crippen molar-refractivity contribution in [1.29, 1.82) is 0 Å². The summed E-state index contributed by atoms with van der Waals surface area (Å²) < 4.78 is 7.01. The van der Waals surface area contributed by atoms with Gasteiger partial charge in [0.1, 0.15) is 12.4 Å². The number of nitrogens with one attached hydrogen (secondary N) is 1. The lowest BCUT2D eigenvalue weighted by molar-refractivity contribution is 0.0690. The number of benzene rings is 2. The molecule has 1 aromatic heterocycles. The van der Waals surface area contributed by atoms with Gasteiger partial charge in [-0.3, -0.25) is 0 Å². The van der Waals surface area contributed by atoms with Gasteiger partial charge in [-0.2, -0.15) is 0 Å². The zero-order valence-corrected chi connectivity index (χ0v) is 15.3. The molecule has 0 aliphatic heterocycles. The Morgan fingerprint density at radius 3 is 2.29 bits per heavy atom. The van der Waals surface area contributed by atoms with Gasteiger partial charge in [-0.25, -0.2) is 14.6 Å². The Morgan fingerprint density at radius 1 is 1.11 bits per heavy atom. The standard InChI is InChI=1S/C21H19N3O4/c1-24-11-18(20(25)26)23-19(24)10-22-21(27)28-12-17-15-8-4-2-6-13(15)14-7-3-5-9-16(14)17/h2-9,11,17H,10,12H2,1H3,(H,22,27)(H,25,26). The van der Waals surface area contributed by atoms with Crippen molar-refractivity contribution in [2.75, 3.05) is 6.61 Å². The number of aromatic nitrogens is 2. The summed E-state index contributed by atoms with van der Waals surface area (Å²) in [6.07, 6.45) is 0.832. The molecule has 0 saturated carbocycles. The monoisotopic (exact) mass is 377 g/mol. The number of carbonyl (C=O) groups is 2. The maximum Gasteiger partial charge on any atom is 0.407 e. The number of carboxylic acids is 1. The molecule has 1 aliphatic rings. The first kappa shape index (κ1) is 17.8. The van der Waals surface area contributed by atoms with Crippen LogP contribution in [-0.4, -0.2) is 33.3 Å². The minimum Gasteiger partial charge on any atom is -0.476 e. The second-order valence-electron chi connectivity index (χ2n) is 6.64. The van der Waals surface area contributed by atoms with Crippen LogP contribution >= 0.6 is 0 Å². The molecule has 1 heterocycles. The largest absolute Gasteiger partial charge is 0.476 e. The Labute approximate surface area is 161 Å². The quantitative estimate of drug-likeness (QED) is 0.712. The second kappa shape index (κ2) is 7.19. The number of hydrogen-bond acceptors (Lipinski definition) is 4. The average molecular weight is 377 g/mol. The second-order valence-corrected chi connectivity index (χ2v) is 6.64. The number of aromatic carboxylic acids is 1. The number of carbonyl (C=O) groups excluding carboxylic acids is 1. The third-order valence-electron chi connectivity index (χ3n) is 4.93. The summed E-state index contributed by atoms with van der Waals surface area (Å²) in [5.74, 6) is -0.682. The van der Waals surface area contributed by atoms with Crippen LogP contribution < -0.4 is 5.32 Å². The normalized spacial score (nSPS) is 12.3. The fraction of sp³-hybridized carbons (Fsp3) is 0.190. The van der Waals surface area contributed by atoms with Crippen LogP contribution in [0.5, 0.6) is 0 Å². The number of ether oxygens (including phenoxy) is 1. The topological polar surface area (TPSA) is 93.5 Å². The van der Waals surface area contributed by atoms with Gasteiger partial charge >= 0.3 is 12.1 Å². The van der Waals surface area contributed by atoms with Crippen molar-refractivity contribution in [2.45, 2.75) is 12.5 Å². The lowest BCUT2D eigenvalue weighted by Gasteiger charge is -2.14. The zero-order valence-electron chi connectivity index (χ0n) is 15.3. The van der Waals surface area contributed by atoms with Crippen molar-refractivity contribution in [2.24, 2.45) is 7.05 Å². The van der Waals surface area contributed by atoms with Gasteiger partial charge in [0.15, 0.2) is 5.69 Å². The van der Waals surface area contributed by atoms with Crippen LogP contribution in [0.2, 0.25) is 0 Å². The van der Waals surface area contributed by atoms with Crippen LogP contribution in [0.3, 0.4) is 0 Å². The first-order valence-corrected chi connectivity index (χ1v) is 8.89. The maximum atomic E-state index is 12.2. The first-order chi connectivity index (χ1) is 13.5.